The Morgan fingerprint density at radius 2 is 1.51 bits per heavy atom. The van der Waals surface area contributed by atoms with Gasteiger partial charge < -0.3 is 0 Å². The van der Waals surface area contributed by atoms with Crippen LogP contribution < -0.4 is 0 Å². The van der Waals surface area contributed by atoms with Gasteiger partial charge in [0.1, 0.15) is 0 Å². The van der Waals surface area contributed by atoms with Crippen LogP contribution in [0.15, 0.2) is 102 Å². The van der Waals surface area contributed by atoms with E-state index in [9.17, 15) is 0 Å². The summed E-state index contributed by atoms with van der Waals surface area (Å²) in [6, 6.07) is 28.9. The van der Waals surface area contributed by atoms with Crippen molar-refractivity contribution in [2.24, 2.45) is 0 Å². The Balaban J connectivity index is 1.27. The lowest BCUT2D eigenvalue weighted by atomic mass is 9.98. The van der Waals surface area contributed by atoms with Crippen LogP contribution in [0.25, 0.3) is 39.6 Å². The van der Waals surface area contributed by atoms with Gasteiger partial charge in [-0.1, -0.05) is 78.0 Å². The number of tetrazole rings is 1. The number of nitrogens with zero attached hydrogens (tertiary/aromatic N) is 7. The number of nitrogens with one attached hydrogen (secondary N) is 1. The molecule has 0 spiro atoms. The van der Waals surface area contributed by atoms with Crippen molar-refractivity contribution in [3.8, 4) is 39.6 Å². The van der Waals surface area contributed by atoms with E-state index in [-0.39, 0.29) is 0 Å². The first-order valence-electron chi connectivity index (χ1n) is 11.7. The predicted octanol–water partition coefficient (Wildman–Crippen LogP) is 5.78. The van der Waals surface area contributed by atoms with Gasteiger partial charge in [0.05, 0.1) is 0 Å². The highest BCUT2D eigenvalue weighted by atomic mass is 32.2. The van der Waals surface area contributed by atoms with Crippen molar-refractivity contribution in [3.05, 3.63) is 108 Å². The zero-order chi connectivity index (χ0) is 25.0. The maximum Gasteiger partial charge on any atom is 0.205 e. The quantitative estimate of drug-likeness (QED) is 0.276. The molecule has 6 rings (SSSR count). The van der Waals surface area contributed by atoms with E-state index >= 15 is 0 Å². The predicted molar refractivity (Wildman–Crippen MR) is 144 cm³/mol. The number of thioether (sulfide) groups is 1. The van der Waals surface area contributed by atoms with Crippen molar-refractivity contribution >= 4 is 11.8 Å². The molecule has 3 heterocycles. The van der Waals surface area contributed by atoms with Crippen molar-refractivity contribution in [1.29, 1.82) is 0 Å². The molecule has 3 aromatic carbocycles. The summed E-state index contributed by atoms with van der Waals surface area (Å²) in [5, 5.41) is 24.4. The summed E-state index contributed by atoms with van der Waals surface area (Å²) in [4.78, 5) is 4.14. The molecule has 0 unspecified atom stereocenters. The molecule has 0 saturated heterocycles. The van der Waals surface area contributed by atoms with E-state index in [1.54, 1.807) is 24.2 Å². The van der Waals surface area contributed by atoms with Crippen LogP contribution in [0.4, 0.5) is 0 Å². The zero-order valence-electron chi connectivity index (χ0n) is 20.0. The topological polar surface area (TPSA) is 98.1 Å². The number of hydrogen-bond donors (Lipinski definition) is 1. The lowest BCUT2D eigenvalue weighted by molar-refractivity contribution is 0.881. The Labute approximate surface area is 217 Å². The van der Waals surface area contributed by atoms with Crippen LogP contribution >= 0.6 is 11.8 Å². The van der Waals surface area contributed by atoms with E-state index in [1.165, 1.54) is 11.1 Å². The van der Waals surface area contributed by atoms with E-state index in [2.05, 4.69) is 102 Å². The van der Waals surface area contributed by atoms with Gasteiger partial charge >= 0.3 is 0 Å². The molecule has 9 heteroatoms. The largest absolute Gasteiger partial charge is 0.270 e. The van der Waals surface area contributed by atoms with E-state index in [0.29, 0.717) is 5.82 Å². The molecule has 0 amide bonds. The first-order chi connectivity index (χ1) is 18.3. The van der Waals surface area contributed by atoms with E-state index in [1.807, 2.05) is 30.3 Å². The number of benzene rings is 3. The average Bonchev–Trinajstić information content (AvgIpc) is 3.64. The molecule has 6 aromatic rings. The minimum atomic E-state index is 0.579. The molecule has 180 valence electrons. The third-order valence-electron chi connectivity index (χ3n) is 6.01. The van der Waals surface area contributed by atoms with Crippen LogP contribution in [-0.4, -0.2) is 40.4 Å². The van der Waals surface area contributed by atoms with Crippen LogP contribution in [-0.2, 0) is 5.75 Å². The monoisotopic (exact) mass is 502 g/mol. The second kappa shape index (κ2) is 10.2. The number of pyridine rings is 1. The van der Waals surface area contributed by atoms with Crippen molar-refractivity contribution in [2.75, 3.05) is 0 Å². The number of aryl methyl sites for hydroxylation is 1. The molecule has 3 aromatic heterocycles. The summed E-state index contributed by atoms with van der Waals surface area (Å²) >= 11 is 1.66. The lowest BCUT2D eigenvalue weighted by Gasteiger charge is -2.11. The molecule has 0 fully saturated rings. The summed E-state index contributed by atoms with van der Waals surface area (Å²) in [5.41, 5.74) is 7.49. The molecule has 0 aliphatic carbocycles. The average molecular weight is 503 g/mol. The molecule has 0 saturated carbocycles. The normalized spacial score (nSPS) is 11.1. The van der Waals surface area contributed by atoms with Gasteiger partial charge in [0, 0.05) is 35.0 Å². The van der Waals surface area contributed by atoms with Gasteiger partial charge in [0.25, 0.3) is 0 Å². The Hall–Kier alpha value is -4.63. The van der Waals surface area contributed by atoms with Crippen molar-refractivity contribution < 1.29 is 0 Å². The summed E-state index contributed by atoms with van der Waals surface area (Å²) in [6.45, 7) is 2.08. The summed E-state index contributed by atoms with van der Waals surface area (Å²) in [6.07, 6.45) is 3.55. The van der Waals surface area contributed by atoms with E-state index in [0.717, 1.165) is 44.7 Å². The fourth-order valence-electron chi connectivity index (χ4n) is 4.11. The first-order valence-corrected chi connectivity index (χ1v) is 12.7. The van der Waals surface area contributed by atoms with Crippen molar-refractivity contribution in [1.82, 2.24) is 40.4 Å². The van der Waals surface area contributed by atoms with Gasteiger partial charge in [0.2, 0.25) is 5.82 Å². The second-order valence-corrected chi connectivity index (χ2v) is 9.42. The van der Waals surface area contributed by atoms with Crippen LogP contribution in [0, 0.1) is 6.92 Å². The lowest BCUT2D eigenvalue weighted by Crippen LogP contribution is -2.00. The highest BCUT2D eigenvalue weighted by Gasteiger charge is 2.16. The van der Waals surface area contributed by atoms with Gasteiger partial charge in [-0.3, -0.25) is 9.55 Å². The highest BCUT2D eigenvalue weighted by molar-refractivity contribution is 7.98. The maximum atomic E-state index is 4.54. The first kappa shape index (κ1) is 22.8. The molecular weight excluding hydrogens is 480 g/mol. The number of rotatable bonds is 7. The van der Waals surface area contributed by atoms with E-state index < -0.39 is 0 Å². The minimum absolute atomic E-state index is 0.579. The Morgan fingerprint density at radius 3 is 2.24 bits per heavy atom. The zero-order valence-corrected chi connectivity index (χ0v) is 20.8. The number of aromatic amines is 1. The van der Waals surface area contributed by atoms with E-state index in [4.69, 9.17) is 0 Å². The molecule has 0 bridgehead atoms. The fraction of sp³-hybridized carbons (Fsp3) is 0.0714. The molecule has 0 aliphatic heterocycles. The Bertz CT molecular complexity index is 1610. The van der Waals surface area contributed by atoms with Crippen molar-refractivity contribution in [3.63, 3.8) is 0 Å². The van der Waals surface area contributed by atoms with Gasteiger partial charge in [-0.25, -0.2) is 0 Å². The minimum Gasteiger partial charge on any atom is -0.270 e. The molecule has 1 N–H and O–H groups in total. The number of hydrogen-bond acceptors (Lipinski definition) is 7. The van der Waals surface area contributed by atoms with Gasteiger partial charge in [-0.05, 0) is 53.1 Å². The summed E-state index contributed by atoms with van der Waals surface area (Å²) in [7, 11) is 0. The van der Waals surface area contributed by atoms with Gasteiger partial charge in [-0.15, -0.1) is 20.4 Å². The summed E-state index contributed by atoms with van der Waals surface area (Å²) < 4.78 is 2.11. The Kier molecular flexibility index (Phi) is 6.26. The third-order valence-corrected chi connectivity index (χ3v) is 7.01. The van der Waals surface area contributed by atoms with Gasteiger partial charge in [0.15, 0.2) is 11.0 Å². The third kappa shape index (κ3) is 4.76. The highest BCUT2D eigenvalue weighted by Crippen LogP contribution is 2.32. The maximum absolute atomic E-state index is 4.54. The molecule has 0 atom stereocenters. The molecule has 0 aliphatic rings. The Morgan fingerprint density at radius 1 is 0.757 bits per heavy atom. The molecular formula is C28H22N8S. The van der Waals surface area contributed by atoms with Crippen LogP contribution in [0.1, 0.15) is 11.1 Å². The molecule has 0 radical (unpaired) electrons. The number of aromatic nitrogens is 8. The molecule has 8 nitrogen and oxygen atoms in total. The molecule has 37 heavy (non-hydrogen) atoms. The van der Waals surface area contributed by atoms with Crippen LogP contribution in [0.2, 0.25) is 0 Å². The van der Waals surface area contributed by atoms with Crippen LogP contribution in [0.3, 0.4) is 0 Å². The standard InChI is InChI=1S/C28H22N8S/c1-19-6-12-23(13-7-19)36-27(22-14-16-29-17-15-22)32-33-28(36)37-18-20-8-10-21(11-9-20)24-4-2-3-5-25(24)26-30-34-35-31-26/h2-17H,18H2,1H3,(H,30,31,34,35). The summed E-state index contributed by atoms with van der Waals surface area (Å²) in [5.74, 6) is 2.13. The van der Waals surface area contributed by atoms with Gasteiger partial charge in [-0.2, -0.15) is 5.21 Å². The SMILES string of the molecule is Cc1ccc(-n2c(SCc3ccc(-c4ccccc4-c4nn[nH]n4)cc3)nnc2-c2ccncc2)cc1. The number of H-pyrrole nitrogens is 1. The smallest absolute Gasteiger partial charge is 0.205 e. The van der Waals surface area contributed by atoms with Crippen molar-refractivity contribution in [2.45, 2.75) is 17.8 Å². The van der Waals surface area contributed by atoms with Crippen LogP contribution in [0.5, 0.6) is 0 Å². The second-order valence-electron chi connectivity index (χ2n) is 8.48. The fourth-order valence-corrected chi connectivity index (χ4v) is 5.02.